The smallest absolute Gasteiger partial charge is 0.335 e. The molecule has 0 saturated heterocycles. The first kappa shape index (κ1) is 16.5. The average Bonchev–Trinajstić information content (AvgIpc) is 2.45. The van der Waals surface area contributed by atoms with E-state index in [4.69, 9.17) is 9.84 Å². The number of benzene rings is 1. The molecule has 0 aliphatic heterocycles. The van der Waals surface area contributed by atoms with Crippen LogP contribution in [0.3, 0.4) is 0 Å². The lowest BCUT2D eigenvalue weighted by Crippen LogP contribution is -2.33. The standard InChI is InChI=1S/C18H24O4/c1-18(2,3)22-17(21)15-7-5-4-6-14(15)12-8-10-13(11-9-12)16(19)20/h8-11,14-15H,4-7H2,1-3H3,(H,19,20)/t14-,15-/m0/s1. The third-order valence-corrected chi connectivity index (χ3v) is 4.06. The van der Waals surface area contributed by atoms with E-state index in [9.17, 15) is 9.59 Å². The molecule has 1 saturated carbocycles. The molecule has 1 aromatic rings. The van der Waals surface area contributed by atoms with Crippen molar-refractivity contribution < 1.29 is 19.4 Å². The molecule has 2 atom stereocenters. The predicted molar refractivity (Wildman–Crippen MR) is 83.9 cm³/mol. The number of carboxylic acid groups (broad SMARTS) is 1. The largest absolute Gasteiger partial charge is 0.478 e. The fourth-order valence-corrected chi connectivity index (χ4v) is 3.06. The van der Waals surface area contributed by atoms with Crippen LogP contribution < -0.4 is 0 Å². The minimum atomic E-state index is -0.932. The van der Waals surface area contributed by atoms with E-state index in [0.29, 0.717) is 0 Å². The molecule has 0 bridgehead atoms. The minimum Gasteiger partial charge on any atom is -0.478 e. The normalized spacial score (nSPS) is 22.1. The Kier molecular flexibility index (Phi) is 4.89. The summed E-state index contributed by atoms with van der Waals surface area (Å²) in [5, 5.41) is 8.98. The molecule has 0 spiro atoms. The summed E-state index contributed by atoms with van der Waals surface area (Å²) in [4.78, 5) is 23.4. The van der Waals surface area contributed by atoms with Crippen molar-refractivity contribution in [2.45, 2.75) is 58.0 Å². The molecule has 1 aromatic carbocycles. The number of carbonyl (C=O) groups excluding carboxylic acids is 1. The van der Waals surface area contributed by atoms with Gasteiger partial charge in [0.15, 0.2) is 0 Å². The SMILES string of the molecule is CC(C)(C)OC(=O)[C@H]1CCCC[C@H]1c1ccc(C(=O)O)cc1. The van der Waals surface area contributed by atoms with Crippen LogP contribution in [0.2, 0.25) is 0 Å². The molecule has 4 nitrogen and oxygen atoms in total. The van der Waals surface area contributed by atoms with Crippen LogP contribution in [0.5, 0.6) is 0 Å². The number of hydrogen-bond donors (Lipinski definition) is 1. The highest BCUT2D eigenvalue weighted by molar-refractivity contribution is 5.87. The van der Waals surface area contributed by atoms with E-state index >= 15 is 0 Å². The zero-order chi connectivity index (χ0) is 16.3. The fourth-order valence-electron chi connectivity index (χ4n) is 3.06. The van der Waals surface area contributed by atoms with Crippen molar-refractivity contribution in [2.24, 2.45) is 5.92 Å². The monoisotopic (exact) mass is 304 g/mol. The Morgan fingerprint density at radius 1 is 1.09 bits per heavy atom. The number of esters is 1. The van der Waals surface area contributed by atoms with Gasteiger partial charge in [0.1, 0.15) is 5.60 Å². The van der Waals surface area contributed by atoms with Gasteiger partial charge in [-0.25, -0.2) is 4.79 Å². The molecule has 0 unspecified atom stereocenters. The van der Waals surface area contributed by atoms with Gasteiger partial charge in [0.2, 0.25) is 0 Å². The highest BCUT2D eigenvalue weighted by atomic mass is 16.6. The molecule has 4 heteroatoms. The minimum absolute atomic E-state index is 0.117. The summed E-state index contributed by atoms with van der Waals surface area (Å²) in [6, 6.07) is 6.88. The van der Waals surface area contributed by atoms with E-state index in [1.165, 1.54) is 0 Å². The van der Waals surface area contributed by atoms with E-state index in [-0.39, 0.29) is 23.4 Å². The van der Waals surface area contributed by atoms with Gasteiger partial charge in [-0.15, -0.1) is 0 Å². The Morgan fingerprint density at radius 3 is 2.23 bits per heavy atom. The van der Waals surface area contributed by atoms with Gasteiger partial charge in [-0.2, -0.15) is 0 Å². The zero-order valence-electron chi connectivity index (χ0n) is 13.5. The molecular weight excluding hydrogens is 280 g/mol. The van der Waals surface area contributed by atoms with Crippen LogP contribution in [0.15, 0.2) is 24.3 Å². The van der Waals surface area contributed by atoms with Crippen molar-refractivity contribution in [1.82, 2.24) is 0 Å². The van der Waals surface area contributed by atoms with Crippen LogP contribution in [-0.4, -0.2) is 22.6 Å². The molecule has 0 aromatic heterocycles. The first-order valence-corrected chi connectivity index (χ1v) is 7.84. The number of rotatable bonds is 3. The highest BCUT2D eigenvalue weighted by Gasteiger charge is 2.35. The summed E-state index contributed by atoms with van der Waals surface area (Å²) >= 11 is 0. The van der Waals surface area contributed by atoms with Crippen molar-refractivity contribution in [3.8, 4) is 0 Å². The Balaban J connectivity index is 2.19. The van der Waals surface area contributed by atoms with Gasteiger partial charge in [-0.1, -0.05) is 25.0 Å². The third kappa shape index (κ3) is 4.09. The Labute approximate surface area is 131 Å². The molecule has 1 aliphatic carbocycles. The lowest BCUT2D eigenvalue weighted by molar-refractivity contribution is -0.161. The number of ether oxygens (including phenoxy) is 1. The van der Waals surface area contributed by atoms with E-state index < -0.39 is 11.6 Å². The highest BCUT2D eigenvalue weighted by Crippen LogP contribution is 2.39. The fraction of sp³-hybridized carbons (Fsp3) is 0.556. The Hall–Kier alpha value is -1.84. The molecule has 22 heavy (non-hydrogen) atoms. The van der Waals surface area contributed by atoms with Gasteiger partial charge < -0.3 is 9.84 Å². The zero-order valence-corrected chi connectivity index (χ0v) is 13.5. The van der Waals surface area contributed by atoms with Crippen molar-refractivity contribution in [1.29, 1.82) is 0 Å². The topological polar surface area (TPSA) is 63.6 Å². The quantitative estimate of drug-likeness (QED) is 0.857. The average molecular weight is 304 g/mol. The summed E-state index contributed by atoms with van der Waals surface area (Å²) in [5.41, 5.74) is 0.820. The van der Waals surface area contributed by atoms with Crippen LogP contribution in [-0.2, 0) is 9.53 Å². The second kappa shape index (κ2) is 6.51. The molecule has 0 amide bonds. The number of hydrogen-bond acceptors (Lipinski definition) is 3. The van der Waals surface area contributed by atoms with E-state index in [0.717, 1.165) is 31.2 Å². The third-order valence-electron chi connectivity index (χ3n) is 4.06. The Bertz CT molecular complexity index is 539. The maximum atomic E-state index is 12.5. The van der Waals surface area contributed by atoms with Crippen molar-refractivity contribution in [3.05, 3.63) is 35.4 Å². The van der Waals surface area contributed by atoms with Crippen LogP contribution in [0.4, 0.5) is 0 Å². The maximum absolute atomic E-state index is 12.5. The van der Waals surface area contributed by atoms with Crippen molar-refractivity contribution in [3.63, 3.8) is 0 Å². The first-order chi connectivity index (χ1) is 10.3. The molecule has 1 aliphatic rings. The molecule has 1 fully saturated rings. The van der Waals surface area contributed by atoms with E-state index in [1.807, 2.05) is 32.9 Å². The summed E-state index contributed by atoms with van der Waals surface area (Å²) in [7, 11) is 0. The van der Waals surface area contributed by atoms with Gasteiger partial charge in [0.25, 0.3) is 0 Å². The van der Waals surface area contributed by atoms with Crippen molar-refractivity contribution in [2.75, 3.05) is 0 Å². The van der Waals surface area contributed by atoms with Gasteiger partial charge >= 0.3 is 11.9 Å². The summed E-state index contributed by atoms with van der Waals surface area (Å²) in [5.74, 6) is -1.09. The van der Waals surface area contributed by atoms with E-state index in [1.54, 1.807) is 12.1 Å². The molecule has 2 rings (SSSR count). The number of carbonyl (C=O) groups is 2. The van der Waals surface area contributed by atoms with Gasteiger partial charge in [0, 0.05) is 0 Å². The first-order valence-electron chi connectivity index (χ1n) is 7.84. The summed E-state index contributed by atoms with van der Waals surface area (Å²) < 4.78 is 5.56. The van der Waals surface area contributed by atoms with Crippen molar-refractivity contribution >= 4 is 11.9 Å². The summed E-state index contributed by atoms with van der Waals surface area (Å²) in [6.45, 7) is 5.64. The lowest BCUT2D eigenvalue weighted by atomic mass is 9.75. The number of carboxylic acids is 1. The van der Waals surface area contributed by atoms with Gasteiger partial charge in [-0.3, -0.25) is 4.79 Å². The van der Waals surface area contributed by atoms with E-state index in [2.05, 4.69) is 0 Å². The van der Waals surface area contributed by atoms with Crippen LogP contribution in [0, 0.1) is 5.92 Å². The van der Waals surface area contributed by atoms with Crippen LogP contribution in [0.25, 0.3) is 0 Å². The molecule has 0 radical (unpaired) electrons. The summed E-state index contributed by atoms with van der Waals surface area (Å²) in [6.07, 6.45) is 3.90. The molecule has 120 valence electrons. The molecular formula is C18H24O4. The predicted octanol–water partition coefficient (Wildman–Crippen LogP) is 4.00. The molecule has 1 N–H and O–H groups in total. The Morgan fingerprint density at radius 2 is 1.68 bits per heavy atom. The second-order valence-electron chi connectivity index (χ2n) is 6.96. The van der Waals surface area contributed by atoms with Gasteiger partial charge in [-0.05, 0) is 57.2 Å². The maximum Gasteiger partial charge on any atom is 0.335 e. The van der Waals surface area contributed by atoms with Crippen LogP contribution >= 0.6 is 0 Å². The molecule has 0 heterocycles. The lowest BCUT2D eigenvalue weighted by Gasteiger charge is -2.32. The van der Waals surface area contributed by atoms with Crippen LogP contribution in [0.1, 0.15) is 68.3 Å². The number of aromatic carboxylic acids is 1. The second-order valence-corrected chi connectivity index (χ2v) is 6.96. The van der Waals surface area contributed by atoms with Gasteiger partial charge in [0.05, 0.1) is 11.5 Å².